The molecule has 1 amide bonds. The lowest BCUT2D eigenvalue weighted by Gasteiger charge is -2.11. The van der Waals surface area contributed by atoms with E-state index < -0.39 is 5.97 Å². The number of benzene rings is 2. The Morgan fingerprint density at radius 3 is 2.62 bits per heavy atom. The topological polar surface area (TPSA) is 75.6 Å². The van der Waals surface area contributed by atoms with Crippen molar-refractivity contribution in [3.05, 3.63) is 64.2 Å². The molecule has 0 heterocycles. The van der Waals surface area contributed by atoms with Crippen LogP contribution in [0.5, 0.6) is 5.75 Å². The molecule has 2 aromatic rings. The number of carboxylic acid groups (broad SMARTS) is 1. The maximum Gasteiger partial charge on any atom is 0.335 e. The number of halogens is 1. The van der Waals surface area contributed by atoms with Crippen molar-refractivity contribution in [2.75, 3.05) is 13.2 Å². The summed E-state index contributed by atoms with van der Waals surface area (Å²) in [6.45, 7) is 2.93. The van der Waals surface area contributed by atoms with Crippen molar-refractivity contribution in [2.24, 2.45) is 0 Å². The molecule has 5 nitrogen and oxygen atoms in total. The molecule has 0 spiro atoms. The van der Waals surface area contributed by atoms with E-state index in [1.165, 1.54) is 0 Å². The lowest BCUT2D eigenvalue weighted by Crippen LogP contribution is -2.26. The van der Waals surface area contributed by atoms with Crippen molar-refractivity contribution in [1.29, 1.82) is 0 Å². The summed E-state index contributed by atoms with van der Waals surface area (Å²) in [5, 5.41) is 12.6. The molecule has 0 aliphatic rings. The normalized spacial score (nSPS) is 10.4. The molecule has 2 N–H and O–H groups in total. The molecule has 2 rings (SSSR count). The van der Waals surface area contributed by atoms with Crippen LogP contribution in [0.2, 0.25) is 5.02 Å². The molecule has 0 aromatic heterocycles. The highest BCUT2D eigenvalue weighted by atomic mass is 35.5. The molecule has 0 aliphatic carbocycles. The Morgan fingerprint density at radius 1 is 1.12 bits per heavy atom. The van der Waals surface area contributed by atoms with E-state index in [0.29, 0.717) is 36.6 Å². The molecular formula is C20H22ClNO4. The van der Waals surface area contributed by atoms with Crippen LogP contribution >= 0.6 is 11.6 Å². The number of carboxylic acids is 1. The van der Waals surface area contributed by atoms with Crippen LogP contribution in [-0.2, 0) is 17.6 Å². The van der Waals surface area contributed by atoms with Gasteiger partial charge in [0, 0.05) is 18.0 Å². The van der Waals surface area contributed by atoms with Gasteiger partial charge in [0.15, 0.2) is 0 Å². The fourth-order valence-electron chi connectivity index (χ4n) is 2.66. The van der Waals surface area contributed by atoms with Gasteiger partial charge in [-0.05, 0) is 55.2 Å². The highest BCUT2D eigenvalue weighted by Gasteiger charge is 2.11. The van der Waals surface area contributed by atoms with E-state index in [0.717, 1.165) is 11.3 Å². The van der Waals surface area contributed by atoms with Crippen LogP contribution in [0.15, 0.2) is 42.5 Å². The Balaban J connectivity index is 1.85. The second-order valence-corrected chi connectivity index (χ2v) is 6.18. The Bertz CT molecular complexity index is 776. The first-order chi connectivity index (χ1) is 12.5. The van der Waals surface area contributed by atoms with E-state index in [4.69, 9.17) is 21.4 Å². The summed E-state index contributed by atoms with van der Waals surface area (Å²) >= 11 is 6.03. The third-order valence-corrected chi connectivity index (χ3v) is 4.14. The zero-order chi connectivity index (χ0) is 18.9. The van der Waals surface area contributed by atoms with Crippen molar-refractivity contribution in [1.82, 2.24) is 5.32 Å². The van der Waals surface area contributed by atoms with Gasteiger partial charge in [-0.3, -0.25) is 4.79 Å². The SMILES string of the molecule is CCOc1ccc(Cl)cc1CCNC(=O)CCc1ccccc1C(=O)O. The van der Waals surface area contributed by atoms with Crippen LogP contribution in [0.3, 0.4) is 0 Å². The predicted molar refractivity (Wildman–Crippen MR) is 101 cm³/mol. The number of aryl methyl sites for hydroxylation is 1. The van der Waals surface area contributed by atoms with E-state index >= 15 is 0 Å². The van der Waals surface area contributed by atoms with Crippen molar-refractivity contribution >= 4 is 23.5 Å². The average molecular weight is 376 g/mol. The van der Waals surface area contributed by atoms with Crippen LogP contribution < -0.4 is 10.1 Å². The zero-order valence-electron chi connectivity index (χ0n) is 14.6. The predicted octanol–water partition coefficient (Wildman–Crippen LogP) is 3.73. The first kappa shape index (κ1) is 19.8. The molecule has 0 aliphatic heterocycles. The maximum atomic E-state index is 12.0. The maximum absolute atomic E-state index is 12.0. The summed E-state index contributed by atoms with van der Waals surface area (Å²) in [5.41, 5.74) is 1.83. The molecule has 0 fully saturated rings. The Morgan fingerprint density at radius 2 is 1.88 bits per heavy atom. The molecular weight excluding hydrogens is 354 g/mol. The average Bonchev–Trinajstić information content (AvgIpc) is 2.62. The third kappa shape index (κ3) is 5.77. The summed E-state index contributed by atoms with van der Waals surface area (Å²) in [6.07, 6.45) is 1.22. The van der Waals surface area contributed by atoms with E-state index in [1.807, 2.05) is 19.1 Å². The minimum atomic E-state index is -0.981. The molecule has 138 valence electrons. The van der Waals surface area contributed by atoms with E-state index in [1.54, 1.807) is 30.3 Å². The second-order valence-electron chi connectivity index (χ2n) is 5.75. The van der Waals surface area contributed by atoms with Crippen molar-refractivity contribution in [3.63, 3.8) is 0 Å². The van der Waals surface area contributed by atoms with Crippen LogP contribution in [0.25, 0.3) is 0 Å². The largest absolute Gasteiger partial charge is 0.494 e. The standard InChI is InChI=1S/C20H22ClNO4/c1-2-26-18-9-8-16(21)13-15(18)11-12-22-19(23)10-7-14-5-3-4-6-17(14)20(24)25/h3-6,8-9,13H,2,7,10-12H2,1H3,(H,22,23)(H,24,25). The van der Waals surface area contributed by atoms with E-state index in [-0.39, 0.29) is 17.9 Å². The molecule has 2 aromatic carbocycles. The Hall–Kier alpha value is -2.53. The first-order valence-electron chi connectivity index (χ1n) is 8.50. The van der Waals surface area contributed by atoms with Gasteiger partial charge < -0.3 is 15.2 Å². The van der Waals surface area contributed by atoms with Gasteiger partial charge >= 0.3 is 5.97 Å². The lowest BCUT2D eigenvalue weighted by molar-refractivity contribution is -0.121. The number of rotatable bonds is 9. The Labute approximate surface area is 157 Å². The number of carbonyl (C=O) groups excluding carboxylic acids is 1. The lowest BCUT2D eigenvalue weighted by atomic mass is 10.0. The number of ether oxygens (including phenoxy) is 1. The number of hydrogen-bond acceptors (Lipinski definition) is 3. The van der Waals surface area contributed by atoms with Crippen molar-refractivity contribution < 1.29 is 19.4 Å². The van der Waals surface area contributed by atoms with Crippen molar-refractivity contribution in [2.45, 2.75) is 26.2 Å². The Kier molecular flexibility index (Phi) is 7.48. The third-order valence-electron chi connectivity index (χ3n) is 3.91. The van der Waals surface area contributed by atoms with Gasteiger partial charge in [-0.2, -0.15) is 0 Å². The first-order valence-corrected chi connectivity index (χ1v) is 8.88. The number of aromatic carboxylic acids is 1. The summed E-state index contributed by atoms with van der Waals surface area (Å²) in [5.74, 6) is -0.336. The smallest absolute Gasteiger partial charge is 0.335 e. The molecule has 0 radical (unpaired) electrons. The van der Waals surface area contributed by atoms with Crippen LogP contribution in [0, 0.1) is 0 Å². The summed E-state index contributed by atoms with van der Waals surface area (Å²) < 4.78 is 5.56. The number of hydrogen-bond donors (Lipinski definition) is 2. The summed E-state index contributed by atoms with van der Waals surface area (Å²) in [7, 11) is 0. The molecule has 0 unspecified atom stereocenters. The van der Waals surface area contributed by atoms with Crippen LogP contribution in [0.1, 0.15) is 34.8 Å². The summed E-state index contributed by atoms with van der Waals surface area (Å²) in [6, 6.07) is 12.2. The van der Waals surface area contributed by atoms with Gasteiger partial charge in [-0.15, -0.1) is 0 Å². The number of carbonyl (C=O) groups is 2. The van der Waals surface area contributed by atoms with Gasteiger partial charge in [0.05, 0.1) is 12.2 Å². The van der Waals surface area contributed by atoms with Gasteiger partial charge in [0.25, 0.3) is 0 Å². The monoisotopic (exact) mass is 375 g/mol. The number of amides is 1. The quantitative estimate of drug-likeness (QED) is 0.700. The summed E-state index contributed by atoms with van der Waals surface area (Å²) in [4.78, 5) is 23.2. The molecule has 26 heavy (non-hydrogen) atoms. The van der Waals surface area contributed by atoms with E-state index in [2.05, 4.69) is 5.32 Å². The highest BCUT2D eigenvalue weighted by molar-refractivity contribution is 6.30. The molecule has 0 bridgehead atoms. The number of nitrogens with one attached hydrogen (secondary N) is 1. The molecule has 0 saturated carbocycles. The molecule has 0 atom stereocenters. The fourth-order valence-corrected chi connectivity index (χ4v) is 2.85. The van der Waals surface area contributed by atoms with Crippen LogP contribution in [0.4, 0.5) is 0 Å². The molecule has 0 saturated heterocycles. The van der Waals surface area contributed by atoms with Gasteiger partial charge in [0.2, 0.25) is 5.91 Å². The van der Waals surface area contributed by atoms with Gasteiger partial charge in [-0.25, -0.2) is 4.79 Å². The second kappa shape index (κ2) is 9.82. The van der Waals surface area contributed by atoms with Gasteiger partial charge in [0.1, 0.15) is 5.75 Å². The fraction of sp³-hybridized carbons (Fsp3) is 0.300. The van der Waals surface area contributed by atoms with Gasteiger partial charge in [-0.1, -0.05) is 29.8 Å². The van der Waals surface area contributed by atoms with Crippen LogP contribution in [-0.4, -0.2) is 30.1 Å². The molecule has 6 heteroatoms. The zero-order valence-corrected chi connectivity index (χ0v) is 15.4. The minimum absolute atomic E-state index is 0.120. The van der Waals surface area contributed by atoms with E-state index in [9.17, 15) is 9.59 Å². The highest BCUT2D eigenvalue weighted by Crippen LogP contribution is 2.23. The van der Waals surface area contributed by atoms with Crippen molar-refractivity contribution in [3.8, 4) is 5.75 Å². The minimum Gasteiger partial charge on any atom is -0.494 e.